The minimum Gasteiger partial charge on any atom is -0.481 e. The average molecular weight is 355 g/mol. The summed E-state index contributed by atoms with van der Waals surface area (Å²) in [4.78, 5) is 15.6. The first kappa shape index (κ1) is 20.2. The zero-order chi connectivity index (χ0) is 18.2. The molecule has 6 heteroatoms. The molecule has 0 radical (unpaired) electrons. The molecule has 0 aromatic rings. The van der Waals surface area contributed by atoms with E-state index in [1.165, 1.54) is 24.8 Å². The minimum atomic E-state index is -0.879. The third-order valence-electron chi connectivity index (χ3n) is 5.54. The quantitative estimate of drug-likeness (QED) is 0.299. The van der Waals surface area contributed by atoms with Crippen LogP contribution in [0.15, 0.2) is 11.3 Å². The molecule has 2 aliphatic carbocycles. The second kappa shape index (κ2) is 10.1. The van der Waals surface area contributed by atoms with Gasteiger partial charge in [0.2, 0.25) is 0 Å². The minimum absolute atomic E-state index is 0.0273. The lowest BCUT2D eigenvalue weighted by Crippen LogP contribution is -2.31. The zero-order valence-corrected chi connectivity index (χ0v) is 15.2. The fourth-order valence-electron chi connectivity index (χ4n) is 4.01. The maximum atomic E-state index is 10.4. The molecule has 2 aliphatic rings. The Morgan fingerprint density at radius 3 is 2.80 bits per heavy atom. The van der Waals surface area contributed by atoms with Crippen LogP contribution in [0.5, 0.6) is 0 Å². The second-order valence-corrected chi connectivity index (χ2v) is 7.42. The lowest BCUT2D eigenvalue weighted by atomic mass is 9.77. The van der Waals surface area contributed by atoms with E-state index in [0.29, 0.717) is 12.3 Å². The number of allylic oxidation sites excluding steroid dienone is 1. The molecule has 4 N–H and O–H groups in total. The summed E-state index contributed by atoms with van der Waals surface area (Å²) < 4.78 is 0. The first-order chi connectivity index (χ1) is 12.0. The second-order valence-electron chi connectivity index (χ2n) is 7.42. The van der Waals surface area contributed by atoms with Crippen LogP contribution in [0.4, 0.5) is 0 Å². The predicted molar refractivity (Wildman–Crippen MR) is 94.6 cm³/mol. The first-order valence-corrected chi connectivity index (χ1v) is 9.70. The summed E-state index contributed by atoms with van der Waals surface area (Å²) in [6.07, 6.45) is 8.06. The first-order valence-electron chi connectivity index (χ1n) is 9.70. The number of aliphatic hydroxyl groups is 2. The number of carbonyl (C=O) groups is 1. The Morgan fingerprint density at radius 1 is 1.28 bits per heavy atom. The van der Waals surface area contributed by atoms with Crippen LogP contribution >= 0.6 is 0 Å². The summed E-state index contributed by atoms with van der Waals surface area (Å²) >= 11 is 0. The molecule has 6 nitrogen and oxygen atoms in total. The highest BCUT2D eigenvalue weighted by Gasteiger charge is 2.45. The molecule has 1 saturated carbocycles. The zero-order valence-electron chi connectivity index (χ0n) is 15.2. The Balaban J connectivity index is 1.68. The number of unbranched alkanes of at least 4 members (excludes halogenated alkanes) is 3. The van der Waals surface area contributed by atoms with Crippen molar-refractivity contribution in [1.29, 1.82) is 0 Å². The van der Waals surface area contributed by atoms with Crippen molar-refractivity contribution in [1.82, 2.24) is 5.48 Å². The predicted octanol–water partition coefficient (Wildman–Crippen LogP) is 2.75. The average Bonchev–Trinajstić information content (AvgIpc) is 2.80. The van der Waals surface area contributed by atoms with Crippen LogP contribution in [-0.4, -0.2) is 40.1 Å². The number of carboxylic acid groups (broad SMARTS) is 1. The van der Waals surface area contributed by atoms with Gasteiger partial charge in [-0.2, -0.15) is 0 Å². The largest absolute Gasteiger partial charge is 0.481 e. The Labute approximate surface area is 150 Å². The molecule has 0 saturated heterocycles. The Bertz CT molecular complexity index is 465. The summed E-state index contributed by atoms with van der Waals surface area (Å²) in [6, 6.07) is 0. The summed E-state index contributed by atoms with van der Waals surface area (Å²) in [5.74, 6) is -0.270. The number of carboxylic acids is 1. The van der Waals surface area contributed by atoms with Crippen LogP contribution in [0.2, 0.25) is 0 Å². The van der Waals surface area contributed by atoms with Crippen LogP contribution in [0.1, 0.15) is 71.1 Å². The van der Waals surface area contributed by atoms with Gasteiger partial charge in [-0.05, 0) is 49.5 Å². The van der Waals surface area contributed by atoms with E-state index in [-0.39, 0.29) is 31.2 Å². The van der Waals surface area contributed by atoms with Gasteiger partial charge in [-0.25, -0.2) is 0 Å². The van der Waals surface area contributed by atoms with Gasteiger partial charge in [-0.3, -0.25) is 15.1 Å². The number of fused-ring (bicyclic) bond motifs is 1. The van der Waals surface area contributed by atoms with E-state index in [0.717, 1.165) is 37.8 Å². The monoisotopic (exact) mass is 355 g/mol. The van der Waals surface area contributed by atoms with Gasteiger partial charge in [0.05, 0.1) is 25.2 Å². The normalized spacial score (nSPS) is 26.3. The van der Waals surface area contributed by atoms with Gasteiger partial charge in [0.1, 0.15) is 0 Å². The number of aliphatic carboxylic acids is 1. The van der Waals surface area contributed by atoms with Crippen molar-refractivity contribution in [3.63, 3.8) is 0 Å². The van der Waals surface area contributed by atoms with Gasteiger partial charge in [-0.15, -0.1) is 0 Å². The van der Waals surface area contributed by atoms with Crippen molar-refractivity contribution in [2.24, 2.45) is 11.8 Å². The van der Waals surface area contributed by atoms with E-state index in [1.54, 1.807) is 0 Å². The van der Waals surface area contributed by atoms with Crippen molar-refractivity contribution in [3.8, 4) is 0 Å². The summed E-state index contributed by atoms with van der Waals surface area (Å²) in [6.45, 7) is 2.31. The van der Waals surface area contributed by atoms with E-state index < -0.39 is 5.97 Å². The van der Waals surface area contributed by atoms with E-state index >= 15 is 0 Å². The van der Waals surface area contributed by atoms with Crippen LogP contribution in [0, 0.1) is 11.8 Å². The third kappa shape index (κ3) is 5.97. The van der Waals surface area contributed by atoms with Crippen molar-refractivity contribution in [3.05, 3.63) is 11.3 Å². The van der Waals surface area contributed by atoms with E-state index in [4.69, 9.17) is 9.94 Å². The van der Waals surface area contributed by atoms with Gasteiger partial charge >= 0.3 is 5.97 Å². The lowest BCUT2D eigenvalue weighted by molar-refractivity contribution is -0.138. The number of aliphatic hydroxyl groups excluding tert-OH is 2. The summed E-state index contributed by atoms with van der Waals surface area (Å²) in [7, 11) is 0. The highest BCUT2D eigenvalue weighted by molar-refractivity contribution is 5.66. The molecule has 0 aliphatic heterocycles. The molecule has 0 aromatic carbocycles. The van der Waals surface area contributed by atoms with E-state index in [1.807, 2.05) is 0 Å². The standard InChI is InChI=1S/C19H33NO5/c1-2-3-4-5-6-13(21)7-8-14-15-11-17(16(15)12-18(14)22)20-25-10-9-19(23)24/h13-15,18,20-22H,2-12H2,1H3,(H,23,24). The molecule has 0 heterocycles. The fraction of sp³-hybridized carbons (Fsp3) is 0.842. The van der Waals surface area contributed by atoms with Crippen LogP contribution in [0.3, 0.4) is 0 Å². The Morgan fingerprint density at radius 2 is 2.08 bits per heavy atom. The van der Waals surface area contributed by atoms with E-state index in [9.17, 15) is 15.0 Å². The van der Waals surface area contributed by atoms with E-state index in [2.05, 4.69) is 12.4 Å². The number of hydroxylamine groups is 1. The smallest absolute Gasteiger partial charge is 0.305 e. The highest BCUT2D eigenvalue weighted by atomic mass is 16.6. The molecular weight excluding hydrogens is 322 g/mol. The summed E-state index contributed by atoms with van der Waals surface area (Å²) in [5.41, 5.74) is 5.06. The molecule has 144 valence electrons. The highest BCUT2D eigenvalue weighted by Crippen LogP contribution is 2.50. The van der Waals surface area contributed by atoms with Crippen molar-refractivity contribution >= 4 is 5.97 Å². The van der Waals surface area contributed by atoms with Crippen LogP contribution in [-0.2, 0) is 9.63 Å². The third-order valence-corrected chi connectivity index (χ3v) is 5.54. The van der Waals surface area contributed by atoms with Gasteiger partial charge < -0.3 is 15.3 Å². The molecular formula is C19H33NO5. The Kier molecular flexibility index (Phi) is 8.19. The number of hydrogen-bond acceptors (Lipinski definition) is 5. The van der Waals surface area contributed by atoms with Crippen LogP contribution < -0.4 is 5.48 Å². The molecule has 0 aromatic heterocycles. The maximum absolute atomic E-state index is 10.4. The molecule has 0 amide bonds. The lowest BCUT2D eigenvalue weighted by Gasteiger charge is -2.32. The number of nitrogens with one attached hydrogen (secondary N) is 1. The fourth-order valence-corrected chi connectivity index (χ4v) is 4.01. The van der Waals surface area contributed by atoms with Gasteiger partial charge in [-0.1, -0.05) is 32.6 Å². The molecule has 0 bridgehead atoms. The molecule has 25 heavy (non-hydrogen) atoms. The van der Waals surface area contributed by atoms with Gasteiger partial charge in [0.15, 0.2) is 0 Å². The van der Waals surface area contributed by atoms with Gasteiger partial charge in [0, 0.05) is 5.70 Å². The van der Waals surface area contributed by atoms with Crippen molar-refractivity contribution in [2.75, 3.05) is 6.61 Å². The van der Waals surface area contributed by atoms with Crippen LogP contribution in [0.25, 0.3) is 0 Å². The van der Waals surface area contributed by atoms with Gasteiger partial charge in [0.25, 0.3) is 0 Å². The topological polar surface area (TPSA) is 99.0 Å². The molecule has 0 spiro atoms. The molecule has 1 fully saturated rings. The SMILES string of the molecule is CCCCCCC(O)CCC1C(O)CC2=C(NOCCC(=O)O)CC21. The number of rotatable bonds is 13. The summed E-state index contributed by atoms with van der Waals surface area (Å²) in [5, 5.41) is 29.0. The van der Waals surface area contributed by atoms with Crippen molar-refractivity contribution in [2.45, 2.75) is 83.3 Å². The molecule has 4 atom stereocenters. The maximum Gasteiger partial charge on any atom is 0.305 e. The Hall–Kier alpha value is -1.11. The number of hydrogen-bond donors (Lipinski definition) is 4. The molecule has 2 rings (SSSR count). The van der Waals surface area contributed by atoms with Crippen molar-refractivity contribution < 1.29 is 25.0 Å². The molecule has 4 unspecified atom stereocenters.